The van der Waals surface area contributed by atoms with Crippen LogP contribution in [0.1, 0.15) is 11.1 Å². The Morgan fingerprint density at radius 3 is 2.39 bits per heavy atom. The molecule has 0 unspecified atom stereocenters. The standard InChI is InChI=1S/C24H24N2O5/c1-28-20-14-17(15-21(29-2)24(20)30-3)10-11-22(27)26-16-18-7-6-8-19(13-18)31-23-9-4-5-12-25-23/h4-15H,16H2,1-3H3,(H,26,27)/b11-10+. The van der Waals surface area contributed by atoms with Gasteiger partial charge in [-0.05, 0) is 47.5 Å². The molecule has 0 radical (unpaired) electrons. The third kappa shape index (κ3) is 5.99. The molecule has 7 heteroatoms. The molecule has 31 heavy (non-hydrogen) atoms. The lowest BCUT2D eigenvalue weighted by atomic mass is 10.1. The fourth-order valence-corrected chi connectivity index (χ4v) is 2.86. The number of carbonyl (C=O) groups is 1. The quantitative estimate of drug-likeness (QED) is 0.522. The molecule has 3 aromatic rings. The molecule has 1 amide bonds. The first-order valence-electron chi connectivity index (χ1n) is 9.56. The summed E-state index contributed by atoms with van der Waals surface area (Å²) in [6.07, 6.45) is 4.80. The van der Waals surface area contributed by atoms with Crippen LogP contribution >= 0.6 is 0 Å². The fourth-order valence-electron chi connectivity index (χ4n) is 2.86. The molecule has 1 N–H and O–H groups in total. The van der Waals surface area contributed by atoms with Gasteiger partial charge >= 0.3 is 0 Å². The molecule has 0 atom stereocenters. The number of pyridine rings is 1. The number of nitrogens with zero attached hydrogens (tertiary/aromatic N) is 1. The predicted molar refractivity (Wildman–Crippen MR) is 118 cm³/mol. The number of ether oxygens (including phenoxy) is 4. The molecule has 2 aromatic carbocycles. The number of hydrogen-bond acceptors (Lipinski definition) is 6. The highest BCUT2D eigenvalue weighted by molar-refractivity contribution is 5.91. The van der Waals surface area contributed by atoms with Crippen molar-refractivity contribution in [2.45, 2.75) is 6.54 Å². The van der Waals surface area contributed by atoms with Gasteiger partial charge in [-0.15, -0.1) is 0 Å². The largest absolute Gasteiger partial charge is 0.493 e. The Balaban J connectivity index is 1.61. The maximum atomic E-state index is 12.3. The maximum absolute atomic E-state index is 12.3. The Morgan fingerprint density at radius 2 is 1.74 bits per heavy atom. The highest BCUT2D eigenvalue weighted by Gasteiger charge is 2.12. The van der Waals surface area contributed by atoms with Gasteiger partial charge in [0.2, 0.25) is 17.5 Å². The lowest BCUT2D eigenvalue weighted by Gasteiger charge is -2.12. The number of benzene rings is 2. The van der Waals surface area contributed by atoms with Gasteiger partial charge in [-0.25, -0.2) is 4.98 Å². The first-order valence-corrected chi connectivity index (χ1v) is 9.56. The van der Waals surface area contributed by atoms with Crippen molar-refractivity contribution in [1.82, 2.24) is 10.3 Å². The van der Waals surface area contributed by atoms with E-state index in [2.05, 4.69) is 10.3 Å². The van der Waals surface area contributed by atoms with E-state index in [1.807, 2.05) is 36.4 Å². The van der Waals surface area contributed by atoms with E-state index >= 15 is 0 Å². The summed E-state index contributed by atoms with van der Waals surface area (Å²) < 4.78 is 21.7. The monoisotopic (exact) mass is 420 g/mol. The van der Waals surface area contributed by atoms with Crippen molar-refractivity contribution in [2.24, 2.45) is 0 Å². The molecular weight excluding hydrogens is 396 g/mol. The van der Waals surface area contributed by atoms with Gasteiger partial charge in [0, 0.05) is 24.9 Å². The second-order valence-corrected chi connectivity index (χ2v) is 6.43. The van der Waals surface area contributed by atoms with Crippen LogP contribution in [-0.4, -0.2) is 32.2 Å². The van der Waals surface area contributed by atoms with Crippen LogP contribution in [-0.2, 0) is 11.3 Å². The molecule has 0 bridgehead atoms. The minimum atomic E-state index is -0.232. The predicted octanol–water partition coefficient (Wildman–Crippen LogP) is 4.23. The summed E-state index contributed by atoms with van der Waals surface area (Å²) in [6, 6.07) is 16.5. The van der Waals surface area contributed by atoms with Crippen molar-refractivity contribution in [3.05, 3.63) is 78.0 Å². The second-order valence-electron chi connectivity index (χ2n) is 6.43. The normalized spacial score (nSPS) is 10.5. The Labute approximate surface area is 181 Å². The molecule has 0 aliphatic heterocycles. The zero-order valence-electron chi connectivity index (χ0n) is 17.6. The van der Waals surface area contributed by atoms with Crippen LogP contribution in [0.5, 0.6) is 28.9 Å². The van der Waals surface area contributed by atoms with Gasteiger partial charge in [0.05, 0.1) is 21.3 Å². The average molecular weight is 420 g/mol. The van der Waals surface area contributed by atoms with Gasteiger partial charge in [0.1, 0.15) is 5.75 Å². The molecule has 1 aromatic heterocycles. The van der Waals surface area contributed by atoms with E-state index < -0.39 is 0 Å². The maximum Gasteiger partial charge on any atom is 0.244 e. The molecule has 0 aliphatic rings. The molecule has 0 saturated carbocycles. The van der Waals surface area contributed by atoms with Crippen molar-refractivity contribution < 1.29 is 23.7 Å². The van der Waals surface area contributed by atoms with Crippen molar-refractivity contribution >= 4 is 12.0 Å². The van der Waals surface area contributed by atoms with Crippen LogP contribution in [0.2, 0.25) is 0 Å². The number of hydrogen-bond donors (Lipinski definition) is 1. The van der Waals surface area contributed by atoms with Gasteiger partial charge in [-0.1, -0.05) is 18.2 Å². The van der Waals surface area contributed by atoms with Crippen LogP contribution in [0.4, 0.5) is 0 Å². The van der Waals surface area contributed by atoms with Gasteiger partial charge in [0.25, 0.3) is 0 Å². The number of amides is 1. The summed E-state index contributed by atoms with van der Waals surface area (Å²) in [5.74, 6) is 2.47. The second kappa shape index (κ2) is 10.7. The summed E-state index contributed by atoms with van der Waals surface area (Å²) in [6.45, 7) is 0.359. The van der Waals surface area contributed by atoms with Gasteiger partial charge in [-0.2, -0.15) is 0 Å². The van der Waals surface area contributed by atoms with Crippen LogP contribution in [0, 0.1) is 0 Å². The number of carbonyl (C=O) groups excluding carboxylic acids is 1. The molecule has 1 heterocycles. The first kappa shape index (κ1) is 21.7. The molecule has 3 rings (SSSR count). The Bertz CT molecular complexity index is 1030. The Morgan fingerprint density at radius 1 is 0.968 bits per heavy atom. The molecule has 0 spiro atoms. The van der Waals surface area contributed by atoms with Gasteiger partial charge in [0.15, 0.2) is 11.5 Å². The first-order chi connectivity index (χ1) is 15.1. The van der Waals surface area contributed by atoms with Crippen LogP contribution < -0.4 is 24.3 Å². The van der Waals surface area contributed by atoms with E-state index in [-0.39, 0.29) is 5.91 Å². The van der Waals surface area contributed by atoms with Crippen LogP contribution in [0.15, 0.2) is 66.9 Å². The van der Waals surface area contributed by atoms with E-state index in [4.69, 9.17) is 18.9 Å². The van der Waals surface area contributed by atoms with Gasteiger partial charge in [-0.3, -0.25) is 4.79 Å². The van der Waals surface area contributed by atoms with E-state index in [1.165, 1.54) is 6.08 Å². The minimum Gasteiger partial charge on any atom is -0.493 e. The van der Waals surface area contributed by atoms with Crippen molar-refractivity contribution in [2.75, 3.05) is 21.3 Å². The fraction of sp³-hybridized carbons (Fsp3) is 0.167. The van der Waals surface area contributed by atoms with Crippen molar-refractivity contribution in [1.29, 1.82) is 0 Å². The average Bonchev–Trinajstić information content (AvgIpc) is 2.81. The molecular formula is C24H24N2O5. The highest BCUT2D eigenvalue weighted by Crippen LogP contribution is 2.38. The molecule has 0 aliphatic carbocycles. The van der Waals surface area contributed by atoms with Crippen LogP contribution in [0.25, 0.3) is 6.08 Å². The van der Waals surface area contributed by atoms with Crippen LogP contribution in [0.3, 0.4) is 0 Å². The van der Waals surface area contributed by atoms with Crippen molar-refractivity contribution in [3.63, 3.8) is 0 Å². The van der Waals surface area contributed by atoms with E-state index in [0.717, 1.165) is 11.1 Å². The zero-order chi connectivity index (χ0) is 22.1. The minimum absolute atomic E-state index is 0.232. The zero-order valence-corrected chi connectivity index (χ0v) is 17.6. The molecule has 0 fully saturated rings. The number of nitrogens with one attached hydrogen (secondary N) is 1. The summed E-state index contributed by atoms with van der Waals surface area (Å²) >= 11 is 0. The SMILES string of the molecule is COc1cc(/C=C/C(=O)NCc2cccc(Oc3ccccn3)c2)cc(OC)c1OC. The number of methoxy groups -OCH3 is 3. The smallest absolute Gasteiger partial charge is 0.244 e. The van der Waals surface area contributed by atoms with E-state index in [0.29, 0.717) is 35.4 Å². The van der Waals surface area contributed by atoms with E-state index in [9.17, 15) is 4.79 Å². The summed E-state index contributed by atoms with van der Waals surface area (Å²) in [4.78, 5) is 16.4. The lowest BCUT2D eigenvalue weighted by molar-refractivity contribution is -0.116. The summed E-state index contributed by atoms with van der Waals surface area (Å²) in [5.41, 5.74) is 1.65. The van der Waals surface area contributed by atoms with E-state index in [1.54, 1.807) is 51.8 Å². The Kier molecular flexibility index (Phi) is 7.48. The molecule has 0 saturated heterocycles. The van der Waals surface area contributed by atoms with Crippen molar-refractivity contribution in [3.8, 4) is 28.9 Å². The topological polar surface area (TPSA) is 78.9 Å². The summed E-state index contributed by atoms with van der Waals surface area (Å²) in [7, 11) is 4.63. The molecule has 160 valence electrons. The lowest BCUT2D eigenvalue weighted by Crippen LogP contribution is -2.20. The Hall–Kier alpha value is -4.00. The number of rotatable bonds is 9. The highest BCUT2D eigenvalue weighted by atomic mass is 16.5. The van der Waals surface area contributed by atoms with Gasteiger partial charge < -0.3 is 24.3 Å². The summed E-state index contributed by atoms with van der Waals surface area (Å²) in [5, 5.41) is 2.86. The number of aromatic nitrogens is 1. The third-order valence-electron chi connectivity index (χ3n) is 4.34. The molecule has 7 nitrogen and oxygen atoms in total. The third-order valence-corrected chi connectivity index (χ3v) is 4.34.